The van der Waals surface area contributed by atoms with Crippen LogP contribution in [0, 0.1) is 18.3 Å². The van der Waals surface area contributed by atoms with E-state index in [1.807, 2.05) is 37.3 Å². The molecule has 0 saturated carbocycles. The SMILES string of the molecule is Cc1ccc(-c2nn(CCC#N)cc2C(=O)O)cc1. The summed E-state index contributed by atoms with van der Waals surface area (Å²) in [7, 11) is 0. The molecule has 96 valence electrons. The average Bonchev–Trinajstić information content (AvgIpc) is 2.81. The Balaban J connectivity index is 2.43. The number of carboxylic acids is 1. The zero-order valence-electron chi connectivity index (χ0n) is 10.5. The van der Waals surface area contributed by atoms with Gasteiger partial charge in [0.15, 0.2) is 0 Å². The van der Waals surface area contributed by atoms with Gasteiger partial charge in [-0.2, -0.15) is 10.4 Å². The van der Waals surface area contributed by atoms with Gasteiger partial charge in [0.2, 0.25) is 0 Å². The minimum Gasteiger partial charge on any atom is -0.478 e. The highest BCUT2D eigenvalue weighted by molar-refractivity contribution is 5.94. The number of carbonyl (C=O) groups is 1. The molecule has 19 heavy (non-hydrogen) atoms. The summed E-state index contributed by atoms with van der Waals surface area (Å²) in [6, 6.07) is 9.53. The Bertz CT molecular complexity index is 636. The Morgan fingerprint density at radius 3 is 2.68 bits per heavy atom. The minimum atomic E-state index is -1.02. The molecule has 2 rings (SSSR count). The molecule has 0 aliphatic heterocycles. The van der Waals surface area contributed by atoms with Crippen LogP contribution in [0.4, 0.5) is 0 Å². The van der Waals surface area contributed by atoms with Gasteiger partial charge in [0.25, 0.3) is 0 Å². The lowest BCUT2D eigenvalue weighted by Gasteiger charge is -1.99. The van der Waals surface area contributed by atoms with Gasteiger partial charge in [0.1, 0.15) is 11.3 Å². The molecule has 0 amide bonds. The summed E-state index contributed by atoms with van der Waals surface area (Å²) >= 11 is 0. The van der Waals surface area contributed by atoms with Gasteiger partial charge in [-0.05, 0) is 6.92 Å². The molecule has 1 N–H and O–H groups in total. The maximum atomic E-state index is 11.2. The topological polar surface area (TPSA) is 78.9 Å². The van der Waals surface area contributed by atoms with Gasteiger partial charge in [-0.25, -0.2) is 4.79 Å². The van der Waals surface area contributed by atoms with Crippen molar-refractivity contribution in [3.63, 3.8) is 0 Å². The zero-order valence-corrected chi connectivity index (χ0v) is 10.5. The summed E-state index contributed by atoms with van der Waals surface area (Å²) in [5.74, 6) is -1.02. The predicted octanol–water partition coefficient (Wildman–Crippen LogP) is 2.47. The van der Waals surface area contributed by atoms with E-state index in [1.54, 1.807) is 0 Å². The molecule has 1 aromatic carbocycles. The van der Waals surface area contributed by atoms with E-state index in [4.69, 9.17) is 5.26 Å². The normalized spacial score (nSPS) is 10.1. The number of benzene rings is 1. The lowest BCUT2D eigenvalue weighted by molar-refractivity contribution is 0.0697. The molecule has 0 bridgehead atoms. The van der Waals surface area contributed by atoms with E-state index in [2.05, 4.69) is 5.10 Å². The highest BCUT2D eigenvalue weighted by Gasteiger charge is 2.16. The molecule has 1 heterocycles. The lowest BCUT2D eigenvalue weighted by atomic mass is 10.1. The molecule has 0 radical (unpaired) electrons. The van der Waals surface area contributed by atoms with E-state index in [9.17, 15) is 9.90 Å². The average molecular weight is 255 g/mol. The Hall–Kier alpha value is -2.61. The monoisotopic (exact) mass is 255 g/mol. The maximum Gasteiger partial charge on any atom is 0.339 e. The fourth-order valence-corrected chi connectivity index (χ4v) is 1.78. The van der Waals surface area contributed by atoms with Gasteiger partial charge in [0.05, 0.1) is 19.0 Å². The molecule has 0 aliphatic rings. The maximum absolute atomic E-state index is 11.2. The highest BCUT2D eigenvalue weighted by Crippen LogP contribution is 2.22. The van der Waals surface area contributed by atoms with E-state index in [1.165, 1.54) is 10.9 Å². The number of nitriles is 1. The Labute approximate surface area is 110 Å². The zero-order chi connectivity index (χ0) is 13.8. The fourth-order valence-electron chi connectivity index (χ4n) is 1.78. The van der Waals surface area contributed by atoms with Crippen molar-refractivity contribution in [2.75, 3.05) is 0 Å². The molecule has 0 atom stereocenters. The van der Waals surface area contributed by atoms with Crippen molar-refractivity contribution >= 4 is 5.97 Å². The van der Waals surface area contributed by atoms with E-state index in [0.717, 1.165) is 11.1 Å². The smallest absolute Gasteiger partial charge is 0.339 e. The number of hydrogen-bond donors (Lipinski definition) is 1. The first kappa shape index (κ1) is 12.8. The van der Waals surface area contributed by atoms with E-state index in [-0.39, 0.29) is 5.56 Å². The number of aromatic carboxylic acids is 1. The van der Waals surface area contributed by atoms with Crippen LogP contribution in [0.1, 0.15) is 22.3 Å². The first-order valence-electron chi connectivity index (χ1n) is 5.86. The molecule has 0 fully saturated rings. The first-order chi connectivity index (χ1) is 9.11. The van der Waals surface area contributed by atoms with Crippen LogP contribution in [-0.4, -0.2) is 20.9 Å². The molecule has 0 unspecified atom stereocenters. The molecule has 0 aliphatic carbocycles. The third-order valence-corrected chi connectivity index (χ3v) is 2.77. The predicted molar refractivity (Wildman–Crippen MR) is 69.6 cm³/mol. The second-order valence-corrected chi connectivity index (χ2v) is 4.23. The molecular weight excluding hydrogens is 242 g/mol. The number of nitrogens with zero attached hydrogens (tertiary/aromatic N) is 3. The van der Waals surface area contributed by atoms with Crippen molar-refractivity contribution in [1.82, 2.24) is 9.78 Å². The molecule has 0 spiro atoms. The summed E-state index contributed by atoms with van der Waals surface area (Å²) in [4.78, 5) is 11.2. The van der Waals surface area contributed by atoms with Crippen LogP contribution in [-0.2, 0) is 6.54 Å². The number of rotatable bonds is 4. The lowest BCUT2D eigenvalue weighted by Crippen LogP contribution is -1.97. The summed E-state index contributed by atoms with van der Waals surface area (Å²) in [6.45, 7) is 2.36. The van der Waals surface area contributed by atoms with E-state index in [0.29, 0.717) is 18.7 Å². The highest BCUT2D eigenvalue weighted by atomic mass is 16.4. The van der Waals surface area contributed by atoms with Crippen molar-refractivity contribution in [3.05, 3.63) is 41.6 Å². The fraction of sp³-hybridized carbons (Fsp3) is 0.214. The first-order valence-corrected chi connectivity index (χ1v) is 5.86. The summed E-state index contributed by atoms with van der Waals surface area (Å²) < 4.78 is 1.50. The van der Waals surface area contributed by atoms with Crippen molar-refractivity contribution in [2.45, 2.75) is 19.9 Å². The molecule has 5 nitrogen and oxygen atoms in total. The van der Waals surface area contributed by atoms with Gasteiger partial charge < -0.3 is 5.11 Å². The van der Waals surface area contributed by atoms with Crippen molar-refractivity contribution < 1.29 is 9.90 Å². The quantitative estimate of drug-likeness (QED) is 0.910. The third-order valence-electron chi connectivity index (χ3n) is 2.77. The summed E-state index contributed by atoms with van der Waals surface area (Å²) in [6.07, 6.45) is 1.77. The van der Waals surface area contributed by atoms with Crippen LogP contribution in [0.5, 0.6) is 0 Å². The van der Waals surface area contributed by atoms with E-state index >= 15 is 0 Å². The van der Waals surface area contributed by atoms with Crippen LogP contribution in [0.3, 0.4) is 0 Å². The van der Waals surface area contributed by atoms with Crippen molar-refractivity contribution in [2.24, 2.45) is 0 Å². The van der Waals surface area contributed by atoms with Gasteiger partial charge in [0, 0.05) is 11.8 Å². The summed E-state index contributed by atoms with van der Waals surface area (Å²) in [5.41, 5.74) is 2.45. The molecular formula is C14H13N3O2. The Kier molecular flexibility index (Phi) is 3.62. The summed E-state index contributed by atoms with van der Waals surface area (Å²) in [5, 5.41) is 22.0. The van der Waals surface area contributed by atoms with Gasteiger partial charge >= 0.3 is 5.97 Å². The third kappa shape index (κ3) is 2.80. The molecule has 5 heteroatoms. The van der Waals surface area contributed by atoms with Crippen LogP contribution in [0.25, 0.3) is 11.3 Å². The number of aryl methyl sites for hydroxylation is 2. The minimum absolute atomic E-state index is 0.154. The second kappa shape index (κ2) is 5.36. The largest absolute Gasteiger partial charge is 0.478 e. The second-order valence-electron chi connectivity index (χ2n) is 4.23. The molecule has 2 aromatic rings. The number of hydrogen-bond acceptors (Lipinski definition) is 3. The van der Waals surface area contributed by atoms with Gasteiger partial charge in [-0.15, -0.1) is 0 Å². The van der Waals surface area contributed by atoms with Crippen LogP contribution < -0.4 is 0 Å². The van der Waals surface area contributed by atoms with Crippen LogP contribution >= 0.6 is 0 Å². The van der Waals surface area contributed by atoms with Crippen molar-refractivity contribution in [1.29, 1.82) is 5.26 Å². The number of carboxylic acid groups (broad SMARTS) is 1. The molecule has 1 aromatic heterocycles. The number of aromatic nitrogens is 2. The van der Waals surface area contributed by atoms with Gasteiger partial charge in [-0.1, -0.05) is 29.8 Å². The van der Waals surface area contributed by atoms with Crippen LogP contribution in [0.2, 0.25) is 0 Å². The van der Waals surface area contributed by atoms with Gasteiger partial charge in [-0.3, -0.25) is 4.68 Å². The molecule has 0 saturated heterocycles. The Morgan fingerprint density at radius 1 is 1.42 bits per heavy atom. The van der Waals surface area contributed by atoms with Crippen LogP contribution in [0.15, 0.2) is 30.5 Å². The van der Waals surface area contributed by atoms with E-state index < -0.39 is 5.97 Å². The standard InChI is InChI=1S/C14H13N3O2/c1-10-3-5-11(6-4-10)13-12(14(18)19)9-17(16-13)8-2-7-15/h3-6,9H,2,8H2,1H3,(H,18,19). The Morgan fingerprint density at radius 2 is 2.11 bits per heavy atom. The van der Waals surface area contributed by atoms with Crippen molar-refractivity contribution in [3.8, 4) is 17.3 Å².